The predicted molar refractivity (Wildman–Crippen MR) is 77.2 cm³/mol. The van der Waals surface area contributed by atoms with E-state index in [1.54, 1.807) is 6.20 Å². The molecule has 0 saturated carbocycles. The number of hydrogen-bond acceptors (Lipinski definition) is 3. The Labute approximate surface area is 117 Å². The van der Waals surface area contributed by atoms with Gasteiger partial charge in [-0.25, -0.2) is 4.98 Å². The van der Waals surface area contributed by atoms with E-state index in [1.165, 1.54) is 0 Å². The van der Waals surface area contributed by atoms with Crippen molar-refractivity contribution in [2.24, 2.45) is 5.92 Å². The molecule has 0 spiro atoms. The number of ether oxygens (including phenoxy) is 1. The Morgan fingerprint density at radius 3 is 2.65 bits per heavy atom. The molecule has 1 N–H and O–H groups in total. The van der Waals surface area contributed by atoms with Crippen molar-refractivity contribution >= 4 is 11.7 Å². The zero-order valence-electron chi connectivity index (χ0n) is 11.1. The van der Waals surface area contributed by atoms with Gasteiger partial charge in [0, 0.05) is 18.4 Å². The molecule has 1 atom stereocenters. The Balaban J connectivity index is 1.68. The minimum atomic E-state index is -0.0504. The van der Waals surface area contributed by atoms with E-state index in [2.05, 4.69) is 10.3 Å². The van der Waals surface area contributed by atoms with E-state index in [9.17, 15) is 4.79 Å². The van der Waals surface area contributed by atoms with E-state index in [1.807, 2.05) is 42.5 Å². The van der Waals surface area contributed by atoms with Crippen molar-refractivity contribution in [2.75, 3.05) is 18.5 Å². The molecule has 0 radical (unpaired) electrons. The number of hydrogen-bond donors (Lipinski definition) is 1. The molecule has 3 rings (SSSR count). The van der Waals surface area contributed by atoms with Crippen molar-refractivity contribution in [1.82, 2.24) is 4.98 Å². The molecule has 4 heteroatoms. The predicted octanol–water partition coefficient (Wildman–Crippen LogP) is 2.72. The summed E-state index contributed by atoms with van der Waals surface area (Å²) in [5.41, 5.74) is 2.15. The molecule has 1 aliphatic rings. The standard InChI is InChI=1S/C16H16N2O2/c19-16(14-8-9-20-11-14)18-15-7-6-13(10-17-15)12-4-2-1-3-5-12/h1-7,10,14H,8-9,11H2,(H,17,18,19)/t14-/m0/s1. The van der Waals surface area contributed by atoms with Crippen LogP contribution in [0.2, 0.25) is 0 Å². The number of rotatable bonds is 3. The summed E-state index contributed by atoms with van der Waals surface area (Å²) in [5.74, 6) is 0.523. The highest BCUT2D eigenvalue weighted by molar-refractivity contribution is 5.92. The van der Waals surface area contributed by atoms with Crippen molar-refractivity contribution in [3.05, 3.63) is 48.7 Å². The number of benzene rings is 1. The minimum Gasteiger partial charge on any atom is -0.381 e. The molecule has 102 valence electrons. The van der Waals surface area contributed by atoms with Crippen molar-refractivity contribution in [1.29, 1.82) is 0 Å². The smallest absolute Gasteiger partial charge is 0.231 e. The first-order valence-electron chi connectivity index (χ1n) is 6.73. The summed E-state index contributed by atoms with van der Waals surface area (Å²) in [6.07, 6.45) is 2.56. The van der Waals surface area contributed by atoms with E-state index in [0.717, 1.165) is 17.5 Å². The molecule has 1 amide bonds. The molecule has 4 nitrogen and oxygen atoms in total. The van der Waals surface area contributed by atoms with Gasteiger partial charge >= 0.3 is 0 Å². The molecule has 1 fully saturated rings. The monoisotopic (exact) mass is 268 g/mol. The van der Waals surface area contributed by atoms with E-state index in [-0.39, 0.29) is 11.8 Å². The number of aromatic nitrogens is 1. The number of pyridine rings is 1. The number of carbonyl (C=O) groups is 1. The topological polar surface area (TPSA) is 51.2 Å². The van der Waals surface area contributed by atoms with Crippen LogP contribution < -0.4 is 5.32 Å². The molecule has 1 aromatic heterocycles. The molecule has 1 aromatic carbocycles. The average molecular weight is 268 g/mol. The maximum Gasteiger partial charge on any atom is 0.231 e. The molecular weight excluding hydrogens is 252 g/mol. The molecule has 0 unspecified atom stereocenters. The second kappa shape index (κ2) is 5.84. The lowest BCUT2D eigenvalue weighted by molar-refractivity contribution is -0.119. The fraction of sp³-hybridized carbons (Fsp3) is 0.250. The maximum absolute atomic E-state index is 11.9. The van der Waals surface area contributed by atoms with Gasteiger partial charge in [-0.3, -0.25) is 4.79 Å². The van der Waals surface area contributed by atoms with Crippen molar-refractivity contribution < 1.29 is 9.53 Å². The Hall–Kier alpha value is -2.20. The van der Waals surface area contributed by atoms with Crippen LogP contribution in [0, 0.1) is 5.92 Å². The molecule has 20 heavy (non-hydrogen) atoms. The van der Waals surface area contributed by atoms with Gasteiger partial charge in [-0.15, -0.1) is 0 Å². The Bertz CT molecular complexity index is 575. The van der Waals surface area contributed by atoms with Gasteiger partial charge in [-0.1, -0.05) is 30.3 Å². The number of nitrogens with zero attached hydrogens (tertiary/aromatic N) is 1. The molecule has 1 aliphatic heterocycles. The molecular formula is C16H16N2O2. The maximum atomic E-state index is 11.9. The van der Waals surface area contributed by atoms with Gasteiger partial charge in [0.2, 0.25) is 5.91 Å². The third-order valence-corrected chi connectivity index (χ3v) is 3.42. The Morgan fingerprint density at radius 2 is 2.00 bits per heavy atom. The fourth-order valence-corrected chi connectivity index (χ4v) is 2.24. The van der Waals surface area contributed by atoms with Gasteiger partial charge in [0.15, 0.2) is 0 Å². The van der Waals surface area contributed by atoms with Crippen molar-refractivity contribution in [2.45, 2.75) is 6.42 Å². The van der Waals surface area contributed by atoms with Crippen LogP contribution in [0.1, 0.15) is 6.42 Å². The van der Waals surface area contributed by atoms with Crippen LogP contribution in [0.3, 0.4) is 0 Å². The quantitative estimate of drug-likeness (QED) is 0.931. The van der Waals surface area contributed by atoms with Crippen LogP contribution in [0.15, 0.2) is 48.7 Å². The van der Waals surface area contributed by atoms with Crippen molar-refractivity contribution in [3.63, 3.8) is 0 Å². The molecule has 2 heterocycles. The number of nitrogens with one attached hydrogen (secondary N) is 1. The number of anilines is 1. The first-order chi connectivity index (χ1) is 9.83. The third-order valence-electron chi connectivity index (χ3n) is 3.42. The summed E-state index contributed by atoms with van der Waals surface area (Å²) in [6.45, 7) is 1.17. The van der Waals surface area contributed by atoms with Crippen LogP contribution in [-0.2, 0) is 9.53 Å². The first-order valence-corrected chi connectivity index (χ1v) is 6.73. The van der Waals surface area contributed by atoms with Gasteiger partial charge in [-0.05, 0) is 24.1 Å². The van der Waals surface area contributed by atoms with E-state index in [0.29, 0.717) is 19.0 Å². The Kier molecular flexibility index (Phi) is 3.74. The average Bonchev–Trinajstić information content (AvgIpc) is 3.03. The van der Waals surface area contributed by atoms with E-state index >= 15 is 0 Å². The van der Waals surface area contributed by atoms with Crippen molar-refractivity contribution in [3.8, 4) is 11.1 Å². The van der Waals surface area contributed by atoms with Gasteiger partial charge in [-0.2, -0.15) is 0 Å². The van der Waals surface area contributed by atoms with Gasteiger partial charge in [0.25, 0.3) is 0 Å². The summed E-state index contributed by atoms with van der Waals surface area (Å²) in [5, 5.41) is 2.83. The SMILES string of the molecule is O=C(Nc1ccc(-c2ccccc2)cn1)[C@H]1CCOC1. The summed E-state index contributed by atoms with van der Waals surface area (Å²) in [4.78, 5) is 16.2. The molecule has 2 aromatic rings. The van der Waals surface area contributed by atoms with Gasteiger partial charge < -0.3 is 10.1 Å². The van der Waals surface area contributed by atoms with Gasteiger partial charge in [0.1, 0.15) is 5.82 Å². The summed E-state index contributed by atoms with van der Waals surface area (Å²) in [6, 6.07) is 13.8. The minimum absolute atomic E-state index is 0.0116. The lowest BCUT2D eigenvalue weighted by Gasteiger charge is -2.09. The summed E-state index contributed by atoms with van der Waals surface area (Å²) >= 11 is 0. The molecule has 0 bridgehead atoms. The van der Waals surface area contributed by atoms with Crippen LogP contribution in [0.4, 0.5) is 5.82 Å². The zero-order chi connectivity index (χ0) is 13.8. The fourth-order valence-electron chi connectivity index (χ4n) is 2.24. The third kappa shape index (κ3) is 2.86. The largest absolute Gasteiger partial charge is 0.381 e. The normalized spacial score (nSPS) is 17.9. The van der Waals surface area contributed by atoms with Crippen LogP contribution >= 0.6 is 0 Å². The zero-order valence-corrected chi connectivity index (χ0v) is 11.1. The number of amides is 1. The molecule has 1 saturated heterocycles. The first kappa shape index (κ1) is 12.8. The highest BCUT2D eigenvalue weighted by atomic mass is 16.5. The highest BCUT2D eigenvalue weighted by Crippen LogP contribution is 2.20. The Morgan fingerprint density at radius 1 is 1.15 bits per heavy atom. The number of carbonyl (C=O) groups excluding carboxylic acids is 1. The summed E-state index contributed by atoms with van der Waals surface area (Å²) in [7, 11) is 0. The van der Waals surface area contributed by atoms with E-state index < -0.39 is 0 Å². The lowest BCUT2D eigenvalue weighted by Crippen LogP contribution is -2.23. The second-order valence-electron chi connectivity index (χ2n) is 4.85. The summed E-state index contributed by atoms with van der Waals surface area (Å²) < 4.78 is 5.21. The lowest BCUT2D eigenvalue weighted by atomic mass is 10.1. The van der Waals surface area contributed by atoms with Gasteiger partial charge in [0.05, 0.1) is 12.5 Å². The highest BCUT2D eigenvalue weighted by Gasteiger charge is 2.23. The van der Waals surface area contributed by atoms with Crippen LogP contribution in [0.25, 0.3) is 11.1 Å². The molecule has 0 aliphatic carbocycles. The van der Waals surface area contributed by atoms with E-state index in [4.69, 9.17) is 4.74 Å². The van der Waals surface area contributed by atoms with Crippen LogP contribution in [0.5, 0.6) is 0 Å². The second-order valence-corrected chi connectivity index (χ2v) is 4.85. The van der Waals surface area contributed by atoms with Crippen LogP contribution in [-0.4, -0.2) is 24.1 Å².